The molecule has 5 heteroatoms. The molecule has 0 saturated carbocycles. The lowest BCUT2D eigenvalue weighted by molar-refractivity contribution is 0.536. The Bertz CT molecular complexity index is 1330. The molecule has 0 nitrogen and oxygen atoms in total. The van der Waals surface area contributed by atoms with Crippen molar-refractivity contribution in [3.8, 4) is 0 Å². The average molecular weight is 551 g/mol. The zero-order valence-corrected chi connectivity index (χ0v) is 25.1. The van der Waals surface area contributed by atoms with Crippen LogP contribution in [0.4, 0.5) is 0 Å². The summed E-state index contributed by atoms with van der Waals surface area (Å²) in [6.45, 7) is 13.9. The fraction of sp³-hybridized carbons (Fsp3) is 0.267. The first-order chi connectivity index (χ1) is 16.6. The second-order valence-corrected chi connectivity index (χ2v) is 16.4. The van der Waals surface area contributed by atoms with Crippen LogP contribution in [-0.4, -0.2) is 0 Å². The van der Waals surface area contributed by atoms with Gasteiger partial charge >= 0.3 is 0 Å². The summed E-state index contributed by atoms with van der Waals surface area (Å²) in [5, 5.41) is 0. The Morgan fingerprint density at radius 3 is 1.54 bits per heavy atom. The van der Waals surface area contributed by atoms with Gasteiger partial charge in [0.25, 0.3) is 0 Å². The predicted molar refractivity (Wildman–Crippen MR) is 166 cm³/mol. The Labute approximate surface area is 231 Å². The molecule has 3 aromatic rings. The summed E-state index contributed by atoms with van der Waals surface area (Å²) in [5.41, 5.74) is 2.90. The van der Waals surface area contributed by atoms with Crippen molar-refractivity contribution in [1.29, 1.82) is 0 Å². The molecule has 180 valence electrons. The Morgan fingerprint density at radius 1 is 0.486 bits per heavy atom. The van der Waals surface area contributed by atoms with E-state index in [4.69, 9.17) is 0 Å². The zero-order valence-electron chi connectivity index (χ0n) is 21.0. The van der Waals surface area contributed by atoms with E-state index in [-0.39, 0.29) is 10.8 Å². The van der Waals surface area contributed by atoms with Crippen molar-refractivity contribution >= 4 is 73.1 Å². The van der Waals surface area contributed by atoms with Crippen LogP contribution in [0.5, 0.6) is 0 Å². The number of hydrogen-bond acceptors (Lipinski definition) is 5. The van der Waals surface area contributed by atoms with Crippen molar-refractivity contribution in [2.45, 2.75) is 47.0 Å². The Kier molecular flexibility index (Phi) is 7.19. The van der Waals surface area contributed by atoms with E-state index < -0.39 is 0 Å². The van der Waals surface area contributed by atoms with Crippen molar-refractivity contribution < 1.29 is 0 Å². The van der Waals surface area contributed by atoms with Crippen LogP contribution < -0.4 is 0 Å². The summed E-state index contributed by atoms with van der Waals surface area (Å²) in [6, 6.07) is 26.4. The van der Waals surface area contributed by atoms with Gasteiger partial charge in [-0.1, -0.05) is 149 Å². The molecular weight excluding hydrogens is 521 g/mol. The van der Waals surface area contributed by atoms with Gasteiger partial charge < -0.3 is 0 Å². The smallest absolute Gasteiger partial charge is 0.0707 e. The molecule has 0 amide bonds. The van der Waals surface area contributed by atoms with E-state index in [0.29, 0.717) is 0 Å². The third-order valence-corrected chi connectivity index (χ3v) is 13.6. The van der Waals surface area contributed by atoms with Crippen LogP contribution in [0.2, 0.25) is 0 Å². The highest BCUT2D eigenvalue weighted by molar-refractivity contribution is 8.38. The first-order valence-corrected chi connectivity index (χ1v) is 15.9. The number of thiophene rings is 1. The van der Waals surface area contributed by atoms with Gasteiger partial charge in [-0.15, -0.1) is 11.3 Å². The van der Waals surface area contributed by atoms with Crippen LogP contribution in [0, 0.1) is 5.41 Å². The van der Waals surface area contributed by atoms with Crippen molar-refractivity contribution in [3.63, 3.8) is 0 Å². The lowest BCUT2D eigenvalue weighted by atomic mass is 9.94. The van der Waals surface area contributed by atoms with Crippen LogP contribution in [0.3, 0.4) is 0 Å². The average Bonchev–Trinajstić information content (AvgIpc) is 3.57. The third-order valence-electron chi connectivity index (χ3n) is 5.68. The maximum Gasteiger partial charge on any atom is 0.0707 e. The highest BCUT2D eigenvalue weighted by Crippen LogP contribution is 2.67. The summed E-state index contributed by atoms with van der Waals surface area (Å²) in [4.78, 5) is 8.47. The molecule has 0 saturated heterocycles. The van der Waals surface area contributed by atoms with E-state index in [2.05, 4.69) is 114 Å². The third kappa shape index (κ3) is 5.40. The van der Waals surface area contributed by atoms with E-state index in [1.54, 1.807) is 0 Å². The second kappa shape index (κ2) is 9.90. The Hall–Kier alpha value is -1.24. The van der Waals surface area contributed by atoms with Crippen LogP contribution in [0.25, 0.3) is 14.7 Å². The van der Waals surface area contributed by atoms with Crippen LogP contribution in [0.1, 0.15) is 62.4 Å². The largest absolute Gasteiger partial charge is 0.139 e. The second-order valence-electron chi connectivity index (χ2n) is 10.7. The molecule has 1 aromatic heterocycles. The van der Waals surface area contributed by atoms with E-state index in [1.807, 2.05) is 58.4 Å². The summed E-state index contributed by atoms with van der Waals surface area (Å²) in [6.07, 6.45) is 0. The maximum absolute atomic E-state index is 2.33. The van der Waals surface area contributed by atoms with Crippen LogP contribution in [-0.2, 0) is 5.41 Å². The molecule has 0 radical (unpaired) electrons. The highest BCUT2D eigenvalue weighted by atomic mass is 32.2. The molecule has 0 spiro atoms. The van der Waals surface area contributed by atoms with Crippen LogP contribution in [0.15, 0.2) is 86.2 Å². The number of rotatable bonds is 3. The topological polar surface area (TPSA) is 0 Å². The van der Waals surface area contributed by atoms with Crippen molar-refractivity contribution in [2.75, 3.05) is 0 Å². The SMILES string of the molecule is CC(C)(C)C1=C(c2ccccc2)S/C(=C2/SC(c3ccccc3)=C(c3ccc(C(C)(C)C)s3)S2)S1. The van der Waals surface area contributed by atoms with Gasteiger partial charge in [-0.3, -0.25) is 0 Å². The molecular formula is C30H30S5. The standard InChI is InChI=1S/C30H30S5/c1-29(2,3)22-18-17-21(31-22)25-23(19-13-9-7-10-14-19)32-27(34-25)28-33-24(20-15-11-8-12-16-20)26(35-28)30(4,5)6/h7-18H,1-6H3/b28-27+. The zero-order chi connectivity index (χ0) is 24.8. The van der Waals surface area contributed by atoms with Gasteiger partial charge in [0.2, 0.25) is 0 Å². The number of benzene rings is 2. The lowest BCUT2D eigenvalue weighted by Gasteiger charge is -2.21. The van der Waals surface area contributed by atoms with Gasteiger partial charge in [-0.25, -0.2) is 0 Å². The molecule has 0 bridgehead atoms. The highest BCUT2D eigenvalue weighted by Gasteiger charge is 2.35. The molecule has 5 rings (SSSR count). The van der Waals surface area contributed by atoms with E-state index >= 15 is 0 Å². The fourth-order valence-corrected chi connectivity index (χ4v) is 11.1. The molecule has 2 aliphatic heterocycles. The fourth-order valence-electron chi connectivity index (χ4n) is 3.84. The summed E-state index contributed by atoms with van der Waals surface area (Å²) < 4.78 is 2.83. The number of allylic oxidation sites excluding steroid dienone is 1. The van der Waals surface area contributed by atoms with Gasteiger partial charge in [-0.05, 0) is 34.1 Å². The molecule has 0 fully saturated rings. The molecule has 2 aromatic carbocycles. The van der Waals surface area contributed by atoms with Gasteiger partial charge in [0, 0.05) is 29.4 Å². The molecule has 35 heavy (non-hydrogen) atoms. The predicted octanol–water partition coefficient (Wildman–Crippen LogP) is 11.4. The minimum atomic E-state index is 0.104. The van der Waals surface area contributed by atoms with Gasteiger partial charge in [-0.2, -0.15) is 0 Å². The Morgan fingerprint density at radius 2 is 1.00 bits per heavy atom. The van der Waals surface area contributed by atoms with Gasteiger partial charge in [0.1, 0.15) is 0 Å². The van der Waals surface area contributed by atoms with Crippen LogP contribution >= 0.6 is 58.4 Å². The van der Waals surface area contributed by atoms with Crippen molar-refractivity contribution in [3.05, 3.63) is 107 Å². The Balaban J connectivity index is 1.55. The van der Waals surface area contributed by atoms with Gasteiger partial charge in [0.05, 0.1) is 8.47 Å². The first-order valence-electron chi connectivity index (χ1n) is 11.8. The summed E-state index contributed by atoms with van der Waals surface area (Å²) in [7, 11) is 0. The quantitative estimate of drug-likeness (QED) is 0.318. The van der Waals surface area contributed by atoms with E-state index in [0.717, 1.165) is 0 Å². The minimum Gasteiger partial charge on any atom is -0.139 e. The monoisotopic (exact) mass is 550 g/mol. The number of thioether (sulfide) groups is 4. The molecule has 0 aliphatic carbocycles. The summed E-state index contributed by atoms with van der Waals surface area (Å²) >= 11 is 9.79. The van der Waals surface area contributed by atoms with E-state index in [9.17, 15) is 0 Å². The molecule has 3 heterocycles. The normalized spacial score (nSPS) is 19.3. The summed E-state index contributed by atoms with van der Waals surface area (Å²) in [5.74, 6) is 0. The molecule has 0 atom stereocenters. The van der Waals surface area contributed by atoms with E-state index in [1.165, 1.54) is 49.0 Å². The first kappa shape index (κ1) is 25.4. The molecule has 2 aliphatic rings. The molecule has 0 unspecified atom stereocenters. The lowest BCUT2D eigenvalue weighted by Crippen LogP contribution is -2.07. The maximum atomic E-state index is 2.33. The van der Waals surface area contributed by atoms with Crippen molar-refractivity contribution in [1.82, 2.24) is 0 Å². The van der Waals surface area contributed by atoms with Gasteiger partial charge in [0.15, 0.2) is 0 Å². The molecule has 0 N–H and O–H groups in total. The van der Waals surface area contributed by atoms with Crippen molar-refractivity contribution in [2.24, 2.45) is 5.41 Å². The number of hydrogen-bond donors (Lipinski definition) is 0. The minimum absolute atomic E-state index is 0.104.